The van der Waals surface area contributed by atoms with Crippen LogP contribution in [-0.2, 0) is 11.0 Å². The van der Waals surface area contributed by atoms with Crippen molar-refractivity contribution in [1.82, 2.24) is 0 Å². The number of aliphatic carboxylic acids is 1. The van der Waals surface area contributed by atoms with Gasteiger partial charge in [-0.2, -0.15) is 13.2 Å². The summed E-state index contributed by atoms with van der Waals surface area (Å²) in [5.74, 6) is -1.21. The van der Waals surface area contributed by atoms with Crippen molar-refractivity contribution in [3.8, 4) is 0 Å². The van der Waals surface area contributed by atoms with Crippen molar-refractivity contribution in [2.45, 2.75) is 26.1 Å². The van der Waals surface area contributed by atoms with Crippen LogP contribution in [0.2, 0.25) is 0 Å². The highest BCUT2D eigenvalue weighted by Crippen LogP contribution is 2.30. The number of carboxylic acids is 1. The molecule has 0 spiro atoms. The Bertz CT molecular complexity index is 412. The summed E-state index contributed by atoms with van der Waals surface area (Å²) in [5, 5.41) is 11.6. The average Bonchev–Trinajstić information content (AvgIpc) is 2.24. The van der Waals surface area contributed by atoms with Gasteiger partial charge in [0.25, 0.3) is 0 Å². The number of halogens is 3. The van der Waals surface area contributed by atoms with Crippen LogP contribution < -0.4 is 5.32 Å². The summed E-state index contributed by atoms with van der Waals surface area (Å²) in [6, 6.07) is 3.45. The molecule has 0 heterocycles. The van der Waals surface area contributed by atoms with Gasteiger partial charge in [0.2, 0.25) is 0 Å². The van der Waals surface area contributed by atoms with Crippen molar-refractivity contribution in [3.05, 3.63) is 29.8 Å². The fraction of sp³-hybridized carbons (Fsp3) is 0.417. The largest absolute Gasteiger partial charge is 0.480 e. The molecular formula is C12H14F3NO2. The van der Waals surface area contributed by atoms with Gasteiger partial charge >= 0.3 is 12.1 Å². The first-order valence-corrected chi connectivity index (χ1v) is 5.38. The van der Waals surface area contributed by atoms with E-state index in [1.165, 1.54) is 12.1 Å². The molecule has 0 aliphatic carbocycles. The van der Waals surface area contributed by atoms with E-state index in [-0.39, 0.29) is 5.92 Å². The van der Waals surface area contributed by atoms with E-state index in [0.717, 1.165) is 12.1 Å². The molecule has 0 aliphatic heterocycles. The van der Waals surface area contributed by atoms with E-state index < -0.39 is 23.8 Å². The molecule has 0 saturated heterocycles. The summed E-state index contributed by atoms with van der Waals surface area (Å²) in [6.45, 7) is 3.44. The van der Waals surface area contributed by atoms with Crippen LogP contribution in [-0.4, -0.2) is 17.1 Å². The van der Waals surface area contributed by atoms with Crippen LogP contribution in [0.25, 0.3) is 0 Å². The minimum atomic E-state index is -4.39. The van der Waals surface area contributed by atoms with Crippen LogP contribution in [0.4, 0.5) is 18.9 Å². The Hall–Kier alpha value is -1.72. The van der Waals surface area contributed by atoms with Crippen molar-refractivity contribution in [2.24, 2.45) is 5.92 Å². The van der Waals surface area contributed by atoms with Gasteiger partial charge in [-0.1, -0.05) is 13.8 Å². The van der Waals surface area contributed by atoms with Gasteiger partial charge in [0, 0.05) is 5.69 Å². The zero-order chi connectivity index (χ0) is 13.9. The molecule has 0 aromatic heterocycles. The lowest BCUT2D eigenvalue weighted by molar-refractivity contribution is -0.139. The Labute approximate surface area is 103 Å². The molecule has 100 valence electrons. The van der Waals surface area contributed by atoms with Gasteiger partial charge in [0.05, 0.1) is 5.56 Å². The van der Waals surface area contributed by atoms with Crippen LogP contribution in [0.15, 0.2) is 24.3 Å². The number of benzene rings is 1. The molecule has 0 saturated carbocycles. The number of anilines is 1. The first-order valence-electron chi connectivity index (χ1n) is 5.38. The van der Waals surface area contributed by atoms with Crippen LogP contribution in [0, 0.1) is 5.92 Å². The standard InChI is InChI=1S/C12H14F3NO2/c1-7(2)10(11(17)18)16-9-5-3-8(4-6-9)12(13,14)15/h3-7,10,16H,1-2H3,(H,17,18). The smallest absolute Gasteiger partial charge is 0.416 e. The second kappa shape index (κ2) is 5.29. The van der Waals surface area contributed by atoms with Crippen LogP contribution >= 0.6 is 0 Å². The molecule has 1 atom stereocenters. The molecule has 0 amide bonds. The number of carbonyl (C=O) groups is 1. The summed E-state index contributed by atoms with van der Waals surface area (Å²) in [4.78, 5) is 10.9. The van der Waals surface area contributed by atoms with E-state index in [4.69, 9.17) is 5.11 Å². The number of alkyl halides is 3. The molecule has 6 heteroatoms. The first-order chi connectivity index (χ1) is 8.21. The Kier molecular flexibility index (Phi) is 4.21. The third-order valence-electron chi connectivity index (χ3n) is 2.47. The first kappa shape index (κ1) is 14.3. The zero-order valence-electron chi connectivity index (χ0n) is 9.95. The van der Waals surface area contributed by atoms with E-state index in [9.17, 15) is 18.0 Å². The lowest BCUT2D eigenvalue weighted by atomic mass is 10.0. The molecule has 0 fully saturated rings. The second-order valence-electron chi connectivity index (χ2n) is 4.28. The zero-order valence-corrected chi connectivity index (χ0v) is 9.95. The fourth-order valence-corrected chi connectivity index (χ4v) is 1.45. The van der Waals surface area contributed by atoms with Crippen molar-refractivity contribution < 1.29 is 23.1 Å². The monoisotopic (exact) mass is 261 g/mol. The number of hydrogen-bond donors (Lipinski definition) is 2. The fourth-order valence-electron chi connectivity index (χ4n) is 1.45. The summed E-state index contributed by atoms with van der Waals surface area (Å²) >= 11 is 0. The molecule has 2 N–H and O–H groups in total. The van der Waals surface area contributed by atoms with Gasteiger partial charge in [-0.15, -0.1) is 0 Å². The molecule has 0 bridgehead atoms. The minimum absolute atomic E-state index is 0.176. The predicted molar refractivity (Wildman–Crippen MR) is 61.3 cm³/mol. The van der Waals surface area contributed by atoms with Crippen LogP contribution in [0.5, 0.6) is 0 Å². The lowest BCUT2D eigenvalue weighted by Crippen LogP contribution is -2.34. The molecule has 1 aromatic rings. The predicted octanol–water partition coefficient (Wildman–Crippen LogP) is 3.23. The number of rotatable bonds is 4. The highest BCUT2D eigenvalue weighted by molar-refractivity contribution is 5.77. The summed E-state index contributed by atoms with van der Waals surface area (Å²) < 4.78 is 37.0. The SMILES string of the molecule is CC(C)C(Nc1ccc(C(F)(F)F)cc1)C(=O)O. The molecule has 1 aromatic carbocycles. The molecule has 0 radical (unpaired) electrons. The second-order valence-corrected chi connectivity index (χ2v) is 4.28. The molecular weight excluding hydrogens is 247 g/mol. The normalized spacial score (nSPS) is 13.4. The van der Waals surface area contributed by atoms with Crippen molar-refractivity contribution in [1.29, 1.82) is 0 Å². The third kappa shape index (κ3) is 3.65. The lowest BCUT2D eigenvalue weighted by Gasteiger charge is -2.19. The average molecular weight is 261 g/mol. The van der Waals surface area contributed by atoms with E-state index in [0.29, 0.717) is 5.69 Å². The number of nitrogens with one attached hydrogen (secondary N) is 1. The molecule has 3 nitrogen and oxygen atoms in total. The highest BCUT2D eigenvalue weighted by atomic mass is 19.4. The maximum Gasteiger partial charge on any atom is 0.416 e. The summed E-state index contributed by atoms with van der Waals surface area (Å²) in [5.41, 5.74) is -0.409. The van der Waals surface area contributed by atoms with Gasteiger partial charge < -0.3 is 10.4 Å². The summed E-state index contributed by atoms with van der Waals surface area (Å²) in [7, 11) is 0. The van der Waals surface area contributed by atoms with Gasteiger partial charge in [-0.25, -0.2) is 4.79 Å². The van der Waals surface area contributed by atoms with Crippen molar-refractivity contribution >= 4 is 11.7 Å². The van der Waals surface area contributed by atoms with Gasteiger partial charge in [0.15, 0.2) is 0 Å². The number of hydrogen-bond acceptors (Lipinski definition) is 2. The Balaban J connectivity index is 2.83. The highest BCUT2D eigenvalue weighted by Gasteiger charge is 2.30. The maximum atomic E-state index is 12.3. The molecule has 0 aliphatic rings. The van der Waals surface area contributed by atoms with Gasteiger partial charge in [-0.3, -0.25) is 0 Å². The minimum Gasteiger partial charge on any atom is -0.480 e. The topological polar surface area (TPSA) is 49.3 Å². The molecule has 18 heavy (non-hydrogen) atoms. The van der Waals surface area contributed by atoms with E-state index >= 15 is 0 Å². The Morgan fingerprint density at radius 1 is 1.22 bits per heavy atom. The van der Waals surface area contributed by atoms with Crippen molar-refractivity contribution in [3.63, 3.8) is 0 Å². The molecule has 1 unspecified atom stereocenters. The Morgan fingerprint density at radius 2 is 1.72 bits per heavy atom. The maximum absolute atomic E-state index is 12.3. The van der Waals surface area contributed by atoms with Gasteiger partial charge in [0.1, 0.15) is 6.04 Å². The third-order valence-corrected chi connectivity index (χ3v) is 2.47. The van der Waals surface area contributed by atoms with E-state index in [1.54, 1.807) is 13.8 Å². The van der Waals surface area contributed by atoms with E-state index in [2.05, 4.69) is 5.32 Å². The van der Waals surface area contributed by atoms with Crippen LogP contribution in [0.3, 0.4) is 0 Å². The quantitative estimate of drug-likeness (QED) is 0.874. The Morgan fingerprint density at radius 3 is 2.06 bits per heavy atom. The number of carboxylic acid groups (broad SMARTS) is 1. The summed E-state index contributed by atoms with van der Waals surface area (Å²) in [6.07, 6.45) is -4.39. The van der Waals surface area contributed by atoms with E-state index in [1.807, 2.05) is 0 Å². The molecule has 1 rings (SSSR count). The van der Waals surface area contributed by atoms with Gasteiger partial charge in [-0.05, 0) is 30.2 Å². The van der Waals surface area contributed by atoms with Crippen molar-refractivity contribution in [2.75, 3.05) is 5.32 Å². The van der Waals surface area contributed by atoms with Crippen LogP contribution in [0.1, 0.15) is 19.4 Å².